The van der Waals surface area contributed by atoms with Gasteiger partial charge < -0.3 is 14.9 Å². The molecule has 1 spiro atoms. The molecule has 5 heteroatoms. The number of piperidine rings is 1. The number of aliphatic hydroxyl groups is 2. The molecule has 6 aliphatic rings. The third-order valence-corrected chi connectivity index (χ3v) is 7.87. The van der Waals surface area contributed by atoms with Crippen LogP contribution >= 0.6 is 0 Å². The largest absolute Gasteiger partial charge is 0.508 e. The van der Waals surface area contributed by atoms with E-state index in [1.165, 1.54) is 18.4 Å². The predicted molar refractivity (Wildman–Crippen MR) is 89.7 cm³/mol. The number of Topliss-reactive ketones (excluding diaryl/α,β-unsaturated/α-hetero) is 1. The van der Waals surface area contributed by atoms with Gasteiger partial charge in [-0.25, -0.2) is 0 Å². The molecule has 0 unspecified atom stereocenters. The fourth-order valence-corrected chi connectivity index (χ4v) is 6.56. The number of rotatable bonds is 2. The molecule has 5 nitrogen and oxygen atoms in total. The van der Waals surface area contributed by atoms with E-state index in [2.05, 4.69) is 4.90 Å². The van der Waals surface area contributed by atoms with Crippen molar-refractivity contribution in [3.05, 3.63) is 22.7 Å². The Morgan fingerprint density at radius 2 is 2.04 bits per heavy atom. The standard InChI is InChI=1S/C20H25NO4/c22-13-4-3-12-9-15-20(24)6-5-14(23)18-19(20,16(12)17(13)25-18)7-8-21(15)10-11-1-2-11/h11,15,18,22,24H,1-10H2/t15-,18+,19+,20-/m1/s1. The first kappa shape index (κ1) is 14.8. The number of allylic oxidation sites excluding steroid dienone is 2. The number of carbonyl (C=O) groups excluding carboxylic acids is 1. The van der Waals surface area contributed by atoms with Gasteiger partial charge in [0.2, 0.25) is 0 Å². The van der Waals surface area contributed by atoms with Crippen LogP contribution in [0.3, 0.4) is 0 Å². The van der Waals surface area contributed by atoms with Crippen LogP contribution in [0.4, 0.5) is 0 Å². The molecular formula is C20H25NO4. The van der Waals surface area contributed by atoms with Gasteiger partial charge in [-0.3, -0.25) is 9.69 Å². The van der Waals surface area contributed by atoms with E-state index in [0.29, 0.717) is 25.0 Å². The van der Waals surface area contributed by atoms with E-state index in [0.717, 1.165) is 43.8 Å². The van der Waals surface area contributed by atoms with Crippen molar-refractivity contribution in [2.24, 2.45) is 11.3 Å². The Labute approximate surface area is 147 Å². The van der Waals surface area contributed by atoms with E-state index >= 15 is 0 Å². The molecular weight excluding hydrogens is 318 g/mol. The van der Waals surface area contributed by atoms with E-state index in [1.54, 1.807) is 0 Å². The first-order valence-electron chi connectivity index (χ1n) is 9.85. The molecule has 0 aromatic heterocycles. The number of aliphatic hydroxyl groups excluding tert-OH is 1. The summed E-state index contributed by atoms with van der Waals surface area (Å²) in [6.07, 6.45) is 5.99. The van der Waals surface area contributed by atoms with Crippen molar-refractivity contribution in [2.45, 2.75) is 69.1 Å². The van der Waals surface area contributed by atoms with E-state index in [-0.39, 0.29) is 17.6 Å². The van der Waals surface area contributed by atoms with Crippen molar-refractivity contribution in [1.82, 2.24) is 4.90 Å². The lowest BCUT2D eigenvalue weighted by atomic mass is 9.48. The predicted octanol–water partition coefficient (Wildman–Crippen LogP) is 2.21. The molecule has 6 rings (SSSR count). The minimum atomic E-state index is -0.906. The van der Waals surface area contributed by atoms with Gasteiger partial charge >= 0.3 is 0 Å². The van der Waals surface area contributed by atoms with Gasteiger partial charge in [0.15, 0.2) is 17.6 Å². The van der Waals surface area contributed by atoms with Crippen molar-refractivity contribution in [3.63, 3.8) is 0 Å². The highest BCUT2D eigenvalue weighted by molar-refractivity contribution is 5.88. The van der Waals surface area contributed by atoms with Crippen LogP contribution in [0.1, 0.15) is 51.4 Å². The normalized spacial score (nSPS) is 45.6. The van der Waals surface area contributed by atoms with E-state index in [4.69, 9.17) is 4.74 Å². The number of likely N-dealkylation sites (tertiary alicyclic amines) is 1. The monoisotopic (exact) mass is 343 g/mol. The Bertz CT molecular complexity index is 751. The molecule has 0 aromatic carbocycles. The second-order valence-electron chi connectivity index (χ2n) is 9.02. The fraction of sp³-hybridized carbons (Fsp3) is 0.750. The molecule has 4 fully saturated rings. The van der Waals surface area contributed by atoms with E-state index in [9.17, 15) is 15.0 Å². The zero-order valence-electron chi connectivity index (χ0n) is 14.5. The second-order valence-corrected chi connectivity index (χ2v) is 9.02. The van der Waals surface area contributed by atoms with Crippen molar-refractivity contribution in [2.75, 3.05) is 13.1 Å². The Hall–Kier alpha value is -1.33. The van der Waals surface area contributed by atoms with E-state index < -0.39 is 17.1 Å². The second kappa shape index (κ2) is 4.49. The van der Waals surface area contributed by atoms with Crippen LogP contribution in [0.5, 0.6) is 0 Å². The average Bonchev–Trinajstić information content (AvgIpc) is 3.32. The summed E-state index contributed by atoms with van der Waals surface area (Å²) in [6.45, 7) is 2.00. The number of ether oxygens (including phenoxy) is 1. The summed E-state index contributed by atoms with van der Waals surface area (Å²) in [5.74, 6) is 1.70. The highest BCUT2D eigenvalue weighted by Crippen LogP contribution is 2.67. The summed E-state index contributed by atoms with van der Waals surface area (Å²) in [6, 6.07) is 0.0967. The lowest BCUT2D eigenvalue weighted by Crippen LogP contribution is -2.73. The maximum Gasteiger partial charge on any atom is 0.174 e. The molecule has 2 N–H and O–H groups in total. The molecule has 4 atom stereocenters. The summed E-state index contributed by atoms with van der Waals surface area (Å²) in [4.78, 5) is 15.2. The van der Waals surface area contributed by atoms with Crippen LogP contribution in [-0.2, 0) is 9.53 Å². The minimum absolute atomic E-state index is 0.0967. The van der Waals surface area contributed by atoms with Crippen LogP contribution < -0.4 is 0 Å². The number of hydrogen-bond donors (Lipinski definition) is 2. The molecule has 2 saturated heterocycles. The summed E-state index contributed by atoms with van der Waals surface area (Å²) < 4.78 is 6.09. The van der Waals surface area contributed by atoms with Crippen LogP contribution in [0.25, 0.3) is 0 Å². The SMILES string of the molecule is O=C1CC[C@@]2(O)[C@H]3CC4=C5C(=C(O)CC4)O[C@@H]1[C@]52CCN3CC1CC1. The number of ketones is 1. The molecule has 0 aromatic rings. The highest BCUT2D eigenvalue weighted by Gasteiger charge is 2.74. The van der Waals surface area contributed by atoms with Gasteiger partial charge in [0.05, 0.1) is 11.0 Å². The summed E-state index contributed by atoms with van der Waals surface area (Å²) >= 11 is 0. The Morgan fingerprint density at radius 3 is 2.84 bits per heavy atom. The molecule has 2 aliphatic heterocycles. The van der Waals surface area contributed by atoms with Gasteiger partial charge in [-0.1, -0.05) is 5.57 Å². The molecule has 134 valence electrons. The van der Waals surface area contributed by atoms with Gasteiger partial charge in [-0.05, 0) is 51.0 Å². The van der Waals surface area contributed by atoms with Crippen molar-refractivity contribution < 1.29 is 19.7 Å². The van der Waals surface area contributed by atoms with Crippen LogP contribution in [-0.4, -0.2) is 51.7 Å². The molecule has 0 radical (unpaired) electrons. The summed E-state index contributed by atoms with van der Waals surface area (Å²) in [7, 11) is 0. The number of nitrogens with zero attached hydrogens (tertiary/aromatic N) is 1. The quantitative estimate of drug-likeness (QED) is 0.804. The molecule has 25 heavy (non-hydrogen) atoms. The van der Waals surface area contributed by atoms with Gasteiger partial charge in [-0.15, -0.1) is 0 Å². The third kappa shape index (κ3) is 1.61. The number of hydrogen-bond acceptors (Lipinski definition) is 5. The van der Waals surface area contributed by atoms with Crippen molar-refractivity contribution >= 4 is 5.78 Å². The molecule has 0 amide bonds. The summed E-state index contributed by atoms with van der Waals surface area (Å²) in [5, 5.41) is 22.4. The molecule has 2 saturated carbocycles. The van der Waals surface area contributed by atoms with Crippen LogP contribution in [0.15, 0.2) is 22.7 Å². The van der Waals surface area contributed by atoms with Gasteiger partial charge in [0.25, 0.3) is 0 Å². The van der Waals surface area contributed by atoms with Crippen molar-refractivity contribution in [1.29, 1.82) is 0 Å². The maximum absolute atomic E-state index is 12.7. The Kier molecular flexibility index (Phi) is 2.66. The van der Waals surface area contributed by atoms with E-state index in [1.807, 2.05) is 0 Å². The summed E-state index contributed by atoms with van der Waals surface area (Å²) in [5.41, 5.74) is 0.806. The molecule has 2 bridgehead atoms. The number of carbonyl (C=O) groups is 1. The van der Waals surface area contributed by atoms with Gasteiger partial charge in [0, 0.05) is 31.0 Å². The first-order valence-corrected chi connectivity index (χ1v) is 9.85. The third-order valence-electron chi connectivity index (χ3n) is 7.87. The maximum atomic E-state index is 12.7. The van der Waals surface area contributed by atoms with Crippen LogP contribution in [0.2, 0.25) is 0 Å². The van der Waals surface area contributed by atoms with Crippen LogP contribution in [0, 0.1) is 11.3 Å². The fourth-order valence-electron chi connectivity index (χ4n) is 6.56. The molecule has 2 heterocycles. The smallest absolute Gasteiger partial charge is 0.174 e. The zero-order valence-corrected chi connectivity index (χ0v) is 14.5. The average molecular weight is 343 g/mol. The lowest BCUT2D eigenvalue weighted by molar-refractivity contribution is -0.206. The first-order chi connectivity index (χ1) is 12.0. The lowest BCUT2D eigenvalue weighted by Gasteiger charge is -2.62. The zero-order chi connectivity index (χ0) is 17.0. The Balaban J connectivity index is 1.55. The van der Waals surface area contributed by atoms with Gasteiger partial charge in [-0.2, -0.15) is 0 Å². The minimum Gasteiger partial charge on any atom is -0.508 e. The highest BCUT2D eigenvalue weighted by atomic mass is 16.5. The Morgan fingerprint density at radius 1 is 1.20 bits per heavy atom. The molecule has 4 aliphatic carbocycles. The van der Waals surface area contributed by atoms with Gasteiger partial charge in [0.1, 0.15) is 5.76 Å². The topological polar surface area (TPSA) is 70.0 Å². The van der Waals surface area contributed by atoms with Crippen molar-refractivity contribution in [3.8, 4) is 0 Å².